The number of hydrogen-bond acceptors (Lipinski definition) is 5. The number of anilines is 1. The number of benzene rings is 1. The number of nitrogen functional groups attached to an aromatic ring is 1. The van der Waals surface area contributed by atoms with Crippen molar-refractivity contribution in [3.05, 3.63) is 47.3 Å². The van der Waals surface area contributed by atoms with E-state index in [1.165, 1.54) is 20.0 Å². The van der Waals surface area contributed by atoms with Crippen molar-refractivity contribution >= 4 is 11.7 Å². The molecule has 0 amide bonds. The zero-order valence-electron chi connectivity index (χ0n) is 13.7. The maximum Gasteiger partial charge on any atom is 0.357 e. The molecule has 0 spiro atoms. The molecular formula is C18H20N4O2. The maximum atomic E-state index is 12.2. The fourth-order valence-electron chi connectivity index (χ4n) is 3.17. The number of para-hydroxylation sites is 1. The minimum atomic E-state index is -0.551. The molecule has 3 rings (SSSR count). The quantitative estimate of drug-likeness (QED) is 0.873. The van der Waals surface area contributed by atoms with Crippen LogP contribution in [-0.4, -0.2) is 35.6 Å². The maximum absolute atomic E-state index is 12.2. The van der Waals surface area contributed by atoms with Crippen molar-refractivity contribution in [3.8, 4) is 11.8 Å². The number of likely N-dealkylation sites (tertiary alicyclic amines) is 1. The van der Waals surface area contributed by atoms with Gasteiger partial charge in [0.15, 0.2) is 5.69 Å². The third kappa shape index (κ3) is 2.86. The van der Waals surface area contributed by atoms with E-state index in [0.29, 0.717) is 0 Å². The van der Waals surface area contributed by atoms with Crippen molar-refractivity contribution < 1.29 is 9.53 Å². The first kappa shape index (κ1) is 16.1. The predicted octanol–water partition coefficient (Wildman–Crippen LogP) is 2.31. The Balaban J connectivity index is 2.09. The molecule has 1 aliphatic heterocycles. The van der Waals surface area contributed by atoms with E-state index in [1.54, 1.807) is 10.8 Å². The van der Waals surface area contributed by atoms with Crippen molar-refractivity contribution in [2.45, 2.75) is 19.4 Å². The van der Waals surface area contributed by atoms with Gasteiger partial charge in [-0.05, 0) is 37.6 Å². The molecule has 2 aromatic rings. The molecule has 0 unspecified atom stereocenters. The van der Waals surface area contributed by atoms with Gasteiger partial charge in [-0.15, -0.1) is 0 Å². The van der Waals surface area contributed by atoms with Crippen LogP contribution in [-0.2, 0) is 11.3 Å². The Morgan fingerprint density at radius 2 is 2.04 bits per heavy atom. The lowest BCUT2D eigenvalue weighted by Crippen LogP contribution is -2.20. The minimum absolute atomic E-state index is 0.153. The second-order valence-electron chi connectivity index (χ2n) is 5.89. The van der Waals surface area contributed by atoms with Crippen LogP contribution in [0.3, 0.4) is 0 Å². The van der Waals surface area contributed by atoms with Crippen LogP contribution in [0.1, 0.15) is 34.5 Å². The van der Waals surface area contributed by atoms with Crippen LogP contribution in [0.2, 0.25) is 0 Å². The molecule has 6 nitrogen and oxygen atoms in total. The van der Waals surface area contributed by atoms with Gasteiger partial charge < -0.3 is 15.0 Å². The minimum Gasteiger partial charge on any atom is -0.464 e. The van der Waals surface area contributed by atoms with Crippen molar-refractivity contribution in [1.82, 2.24) is 9.47 Å². The molecule has 0 radical (unpaired) electrons. The number of carbonyl (C=O) groups excluding carboxylic acids is 1. The van der Waals surface area contributed by atoms with Crippen LogP contribution in [0.15, 0.2) is 30.5 Å². The largest absolute Gasteiger partial charge is 0.464 e. The molecule has 0 atom stereocenters. The monoisotopic (exact) mass is 324 g/mol. The summed E-state index contributed by atoms with van der Waals surface area (Å²) in [6.07, 6.45) is 4.03. The van der Waals surface area contributed by atoms with Gasteiger partial charge in [-0.25, -0.2) is 4.79 Å². The molecule has 2 N–H and O–H groups in total. The standard InChI is InChI=1S/C18H20N4O2/c1-24-18(23)17-16(20)14(10-19)12-22(17)15-7-3-2-6-13(15)11-21-8-4-5-9-21/h2-3,6-7,12H,4-5,8-9,11,20H2,1H3. The average Bonchev–Trinajstić information content (AvgIpc) is 3.22. The number of nitriles is 1. The van der Waals surface area contributed by atoms with Gasteiger partial charge in [0, 0.05) is 12.7 Å². The molecule has 1 saturated heterocycles. The first-order valence-electron chi connectivity index (χ1n) is 7.95. The molecule has 1 aromatic carbocycles. The lowest BCUT2D eigenvalue weighted by Gasteiger charge is -2.19. The van der Waals surface area contributed by atoms with Crippen LogP contribution in [0, 0.1) is 11.3 Å². The van der Waals surface area contributed by atoms with Crippen LogP contribution in [0.5, 0.6) is 0 Å². The van der Waals surface area contributed by atoms with Gasteiger partial charge in [-0.2, -0.15) is 5.26 Å². The van der Waals surface area contributed by atoms with Gasteiger partial charge in [-0.1, -0.05) is 18.2 Å². The zero-order chi connectivity index (χ0) is 17.1. The molecule has 124 valence electrons. The Morgan fingerprint density at radius 1 is 1.33 bits per heavy atom. The smallest absolute Gasteiger partial charge is 0.357 e. The summed E-state index contributed by atoms with van der Waals surface area (Å²) in [5.41, 5.74) is 8.54. The summed E-state index contributed by atoms with van der Waals surface area (Å²) in [6.45, 7) is 2.96. The van der Waals surface area contributed by atoms with Gasteiger partial charge in [-0.3, -0.25) is 4.90 Å². The summed E-state index contributed by atoms with van der Waals surface area (Å²) in [7, 11) is 1.31. The number of aromatic nitrogens is 1. The Kier molecular flexibility index (Phi) is 4.54. The van der Waals surface area contributed by atoms with Gasteiger partial charge in [0.25, 0.3) is 0 Å². The Labute approximate surface area is 141 Å². The normalized spacial score (nSPS) is 14.5. The number of hydrogen-bond donors (Lipinski definition) is 1. The van der Waals surface area contributed by atoms with E-state index in [-0.39, 0.29) is 16.9 Å². The molecule has 1 fully saturated rings. The van der Waals surface area contributed by atoms with E-state index in [4.69, 9.17) is 10.5 Å². The Hall–Kier alpha value is -2.78. The van der Waals surface area contributed by atoms with Crippen molar-refractivity contribution in [2.24, 2.45) is 0 Å². The van der Waals surface area contributed by atoms with E-state index in [9.17, 15) is 10.1 Å². The van der Waals surface area contributed by atoms with E-state index in [0.717, 1.165) is 30.9 Å². The Morgan fingerprint density at radius 3 is 2.71 bits per heavy atom. The van der Waals surface area contributed by atoms with E-state index < -0.39 is 5.97 Å². The molecule has 6 heteroatoms. The summed E-state index contributed by atoms with van der Waals surface area (Å²) in [5.74, 6) is -0.551. The highest BCUT2D eigenvalue weighted by Gasteiger charge is 2.23. The third-order valence-electron chi connectivity index (χ3n) is 4.39. The van der Waals surface area contributed by atoms with Crippen LogP contribution >= 0.6 is 0 Å². The number of rotatable bonds is 4. The fraction of sp³-hybridized carbons (Fsp3) is 0.333. The van der Waals surface area contributed by atoms with Gasteiger partial charge in [0.05, 0.1) is 24.0 Å². The summed E-state index contributed by atoms with van der Waals surface area (Å²) in [6, 6.07) is 9.89. The fourth-order valence-corrected chi connectivity index (χ4v) is 3.17. The second kappa shape index (κ2) is 6.77. The van der Waals surface area contributed by atoms with Crippen LogP contribution in [0.25, 0.3) is 5.69 Å². The lowest BCUT2D eigenvalue weighted by molar-refractivity contribution is 0.0593. The molecule has 1 aromatic heterocycles. The number of ether oxygens (including phenoxy) is 1. The first-order valence-corrected chi connectivity index (χ1v) is 7.95. The topological polar surface area (TPSA) is 84.3 Å². The molecule has 0 saturated carbocycles. The molecule has 24 heavy (non-hydrogen) atoms. The number of nitrogens with two attached hydrogens (primary N) is 1. The molecule has 0 bridgehead atoms. The molecule has 2 heterocycles. The zero-order valence-corrected chi connectivity index (χ0v) is 13.7. The SMILES string of the molecule is COC(=O)c1c(N)c(C#N)cn1-c1ccccc1CN1CCCC1. The third-order valence-corrected chi connectivity index (χ3v) is 4.39. The van der Waals surface area contributed by atoms with E-state index in [2.05, 4.69) is 4.90 Å². The highest BCUT2D eigenvalue weighted by molar-refractivity contribution is 5.96. The highest BCUT2D eigenvalue weighted by Crippen LogP contribution is 2.27. The van der Waals surface area contributed by atoms with Crippen molar-refractivity contribution in [1.29, 1.82) is 5.26 Å². The van der Waals surface area contributed by atoms with Gasteiger partial charge in [0.2, 0.25) is 0 Å². The number of carbonyl (C=O) groups is 1. The number of esters is 1. The summed E-state index contributed by atoms with van der Waals surface area (Å²) >= 11 is 0. The second-order valence-corrected chi connectivity index (χ2v) is 5.89. The summed E-state index contributed by atoms with van der Waals surface area (Å²) in [5, 5.41) is 9.25. The van der Waals surface area contributed by atoms with Crippen molar-refractivity contribution in [3.63, 3.8) is 0 Å². The van der Waals surface area contributed by atoms with Gasteiger partial charge in [0.1, 0.15) is 6.07 Å². The summed E-state index contributed by atoms with van der Waals surface area (Å²) in [4.78, 5) is 14.6. The van der Waals surface area contributed by atoms with Crippen LogP contribution < -0.4 is 5.73 Å². The molecule has 0 aliphatic carbocycles. The first-order chi connectivity index (χ1) is 11.7. The lowest BCUT2D eigenvalue weighted by atomic mass is 10.1. The van der Waals surface area contributed by atoms with Gasteiger partial charge >= 0.3 is 5.97 Å². The summed E-state index contributed by atoms with van der Waals surface area (Å²) < 4.78 is 6.52. The highest BCUT2D eigenvalue weighted by atomic mass is 16.5. The van der Waals surface area contributed by atoms with E-state index >= 15 is 0 Å². The Bertz CT molecular complexity index is 798. The van der Waals surface area contributed by atoms with E-state index in [1.807, 2.05) is 30.3 Å². The average molecular weight is 324 g/mol. The number of methoxy groups -OCH3 is 1. The molecular weight excluding hydrogens is 304 g/mol. The predicted molar refractivity (Wildman–Crippen MR) is 90.7 cm³/mol. The van der Waals surface area contributed by atoms with Crippen molar-refractivity contribution in [2.75, 3.05) is 25.9 Å². The number of nitrogens with zero attached hydrogens (tertiary/aromatic N) is 3. The van der Waals surface area contributed by atoms with Crippen LogP contribution in [0.4, 0.5) is 5.69 Å². The molecule has 1 aliphatic rings.